The van der Waals surface area contributed by atoms with Crippen molar-refractivity contribution in [1.29, 1.82) is 0 Å². The number of aliphatic hydroxyl groups excluding tert-OH is 4. The van der Waals surface area contributed by atoms with E-state index < -0.39 is 37.3 Å². The van der Waals surface area contributed by atoms with Gasteiger partial charge in [0.05, 0.1) is 13.2 Å². The maximum absolute atomic E-state index is 11.9. The molecule has 5 atom stereocenters. The number of aliphatic hydroxyl groups is 4. The van der Waals surface area contributed by atoms with Crippen LogP contribution >= 0.6 is 0 Å². The van der Waals surface area contributed by atoms with Crippen LogP contribution in [0.4, 0.5) is 0 Å². The van der Waals surface area contributed by atoms with Gasteiger partial charge in [0.2, 0.25) is 5.91 Å². The van der Waals surface area contributed by atoms with Crippen LogP contribution in [0, 0.1) is 0 Å². The van der Waals surface area contributed by atoms with E-state index >= 15 is 0 Å². The Morgan fingerprint density at radius 1 is 0.763 bits per heavy atom. The van der Waals surface area contributed by atoms with Gasteiger partial charge in [-0.3, -0.25) is 4.79 Å². The summed E-state index contributed by atoms with van der Waals surface area (Å²) in [5, 5.41) is 41.3. The minimum atomic E-state index is -1.48. The summed E-state index contributed by atoms with van der Waals surface area (Å²) in [5.74, 6) is -0.123. The summed E-state index contributed by atoms with van der Waals surface area (Å²) in [5.41, 5.74) is 0. The summed E-state index contributed by atoms with van der Waals surface area (Å²) in [6.45, 7) is 1.88. The van der Waals surface area contributed by atoms with E-state index in [-0.39, 0.29) is 19.1 Å². The number of carbonyl (C=O) groups is 1. The van der Waals surface area contributed by atoms with Crippen LogP contribution in [0.1, 0.15) is 58.3 Å². The fourth-order valence-corrected chi connectivity index (χ4v) is 3.51. The zero-order valence-corrected chi connectivity index (χ0v) is 22.6. The smallest absolute Gasteiger partial charge is 0.220 e. The third kappa shape index (κ3) is 15.8. The molecule has 0 bridgehead atoms. The Morgan fingerprint density at radius 3 is 1.76 bits per heavy atom. The highest BCUT2D eigenvalue weighted by atomic mass is 16.7. The lowest BCUT2D eigenvalue weighted by molar-refractivity contribution is -0.300. The zero-order chi connectivity index (χ0) is 27.8. The largest absolute Gasteiger partial charge is 0.394 e. The minimum absolute atomic E-state index is 0.0499. The van der Waals surface area contributed by atoms with Crippen molar-refractivity contribution < 1.29 is 34.7 Å². The standard InChI is InChI=1S/C30H47NO7/c1-2-3-4-5-6-7-8-9-10-11-12-13-14-15-16-17-18-19-20-21-26(33)31-22-23-37-30-29(36)28(35)27(34)25(24-32)38-30/h3-4,6-7,9-10,12-13,15-16,18-19,25,27-30,32,34-36H,2,5,8,11,14,17,20-24H2,1H3,(H,31,33)/b4-3-,7-6-,10-9-,13-12-,16-15-,19-18-/t25-,27-,28+,29-,30-/m1/s1. The molecule has 1 aliphatic rings. The Bertz CT molecular complexity index is 785. The fraction of sp³-hybridized carbons (Fsp3) is 0.567. The van der Waals surface area contributed by atoms with Gasteiger partial charge in [0.1, 0.15) is 24.4 Å². The molecular formula is C30H47NO7. The third-order valence-electron chi connectivity index (χ3n) is 5.69. The predicted molar refractivity (Wildman–Crippen MR) is 150 cm³/mol. The Balaban J connectivity index is 2.02. The predicted octanol–water partition coefficient (Wildman–Crippen LogP) is 3.40. The van der Waals surface area contributed by atoms with E-state index in [1.54, 1.807) is 0 Å². The number of ether oxygens (including phenoxy) is 2. The van der Waals surface area contributed by atoms with Crippen LogP contribution in [0.2, 0.25) is 0 Å². The van der Waals surface area contributed by atoms with Crippen molar-refractivity contribution >= 4 is 5.91 Å². The van der Waals surface area contributed by atoms with E-state index in [1.165, 1.54) is 0 Å². The topological polar surface area (TPSA) is 128 Å². The second-order valence-electron chi connectivity index (χ2n) is 8.87. The molecule has 0 radical (unpaired) electrons. The summed E-state index contributed by atoms with van der Waals surface area (Å²) in [6.07, 6.45) is 25.8. The molecule has 1 aliphatic heterocycles. The first-order valence-electron chi connectivity index (χ1n) is 13.6. The summed E-state index contributed by atoms with van der Waals surface area (Å²) in [6, 6.07) is 0. The van der Waals surface area contributed by atoms with Crippen molar-refractivity contribution in [3.63, 3.8) is 0 Å². The van der Waals surface area contributed by atoms with E-state index in [4.69, 9.17) is 9.47 Å². The van der Waals surface area contributed by atoms with Crippen LogP contribution in [0.25, 0.3) is 0 Å². The highest BCUT2D eigenvalue weighted by molar-refractivity contribution is 5.75. The summed E-state index contributed by atoms with van der Waals surface area (Å²) < 4.78 is 10.6. The molecule has 1 rings (SSSR count). The highest BCUT2D eigenvalue weighted by Crippen LogP contribution is 2.21. The van der Waals surface area contributed by atoms with E-state index in [0.29, 0.717) is 12.8 Å². The maximum Gasteiger partial charge on any atom is 0.220 e. The van der Waals surface area contributed by atoms with Crippen molar-refractivity contribution in [2.24, 2.45) is 0 Å². The molecule has 38 heavy (non-hydrogen) atoms. The van der Waals surface area contributed by atoms with Crippen molar-refractivity contribution in [3.8, 4) is 0 Å². The SMILES string of the molecule is CC/C=C\C/C=C\C/C=C\C/C=C\C/C=C\C/C=C\CCC(=O)NCCO[C@@H]1O[C@H](CO)[C@@H](O)[C@H](O)[C@H]1O. The molecule has 1 fully saturated rings. The molecule has 0 aliphatic carbocycles. The molecule has 5 N–H and O–H groups in total. The van der Waals surface area contributed by atoms with E-state index in [2.05, 4.69) is 73.0 Å². The average Bonchev–Trinajstić information content (AvgIpc) is 2.92. The van der Waals surface area contributed by atoms with Gasteiger partial charge >= 0.3 is 0 Å². The van der Waals surface area contributed by atoms with Crippen LogP contribution in [0.3, 0.4) is 0 Å². The van der Waals surface area contributed by atoms with Crippen LogP contribution in [-0.4, -0.2) is 76.8 Å². The van der Waals surface area contributed by atoms with Crippen molar-refractivity contribution in [3.05, 3.63) is 72.9 Å². The van der Waals surface area contributed by atoms with Crippen LogP contribution in [0.5, 0.6) is 0 Å². The van der Waals surface area contributed by atoms with Crippen LogP contribution in [0.15, 0.2) is 72.9 Å². The molecule has 0 aromatic rings. The molecule has 8 heteroatoms. The Morgan fingerprint density at radius 2 is 1.26 bits per heavy atom. The number of amides is 1. The van der Waals surface area contributed by atoms with Gasteiger partial charge < -0.3 is 35.2 Å². The minimum Gasteiger partial charge on any atom is -0.394 e. The monoisotopic (exact) mass is 533 g/mol. The Labute approximate surface area is 227 Å². The second kappa shape index (κ2) is 22.6. The molecule has 0 spiro atoms. The third-order valence-corrected chi connectivity index (χ3v) is 5.69. The first-order chi connectivity index (χ1) is 18.5. The molecule has 1 amide bonds. The molecule has 0 aromatic carbocycles. The number of hydrogen-bond donors (Lipinski definition) is 5. The molecule has 1 heterocycles. The number of allylic oxidation sites excluding steroid dienone is 12. The van der Waals surface area contributed by atoms with E-state index in [9.17, 15) is 25.2 Å². The van der Waals surface area contributed by atoms with Crippen molar-refractivity contribution in [2.45, 2.75) is 89.0 Å². The van der Waals surface area contributed by atoms with Crippen molar-refractivity contribution in [1.82, 2.24) is 5.32 Å². The first-order valence-corrected chi connectivity index (χ1v) is 13.6. The van der Waals surface area contributed by atoms with E-state index in [0.717, 1.165) is 38.5 Å². The van der Waals surface area contributed by atoms with Gasteiger partial charge in [-0.25, -0.2) is 0 Å². The molecule has 1 saturated heterocycles. The average molecular weight is 534 g/mol. The quantitative estimate of drug-likeness (QED) is 0.127. The summed E-state index contributed by atoms with van der Waals surface area (Å²) >= 11 is 0. The normalized spacial score (nSPS) is 24.8. The number of rotatable bonds is 19. The van der Waals surface area contributed by atoms with Crippen LogP contribution in [-0.2, 0) is 14.3 Å². The van der Waals surface area contributed by atoms with E-state index in [1.807, 2.05) is 12.2 Å². The zero-order valence-electron chi connectivity index (χ0n) is 22.6. The maximum atomic E-state index is 11.9. The van der Waals surface area contributed by atoms with Crippen molar-refractivity contribution in [2.75, 3.05) is 19.8 Å². The van der Waals surface area contributed by atoms with Gasteiger partial charge in [0.15, 0.2) is 6.29 Å². The summed E-state index contributed by atoms with van der Waals surface area (Å²) in [7, 11) is 0. The lowest BCUT2D eigenvalue weighted by Gasteiger charge is -2.39. The molecule has 214 valence electrons. The summed E-state index contributed by atoms with van der Waals surface area (Å²) in [4.78, 5) is 11.9. The van der Waals surface area contributed by atoms with Gasteiger partial charge in [-0.05, 0) is 44.9 Å². The number of nitrogens with one attached hydrogen (secondary N) is 1. The van der Waals surface area contributed by atoms with Gasteiger partial charge in [-0.1, -0.05) is 79.8 Å². The van der Waals surface area contributed by atoms with Gasteiger partial charge in [0, 0.05) is 13.0 Å². The lowest BCUT2D eigenvalue weighted by Crippen LogP contribution is -2.59. The number of hydrogen-bond acceptors (Lipinski definition) is 7. The molecule has 8 nitrogen and oxygen atoms in total. The molecule has 0 saturated carbocycles. The second-order valence-corrected chi connectivity index (χ2v) is 8.87. The highest BCUT2D eigenvalue weighted by Gasteiger charge is 2.43. The van der Waals surface area contributed by atoms with Gasteiger partial charge in [0.25, 0.3) is 0 Å². The first kappa shape index (κ1) is 33.7. The molecular weight excluding hydrogens is 486 g/mol. The number of carbonyl (C=O) groups excluding carboxylic acids is 1. The molecule has 0 unspecified atom stereocenters. The Hall–Kier alpha value is -2.33. The Kier molecular flexibility index (Phi) is 20.1. The lowest BCUT2D eigenvalue weighted by atomic mass is 9.99. The fourth-order valence-electron chi connectivity index (χ4n) is 3.51. The van der Waals surface area contributed by atoms with Gasteiger partial charge in [-0.2, -0.15) is 0 Å². The van der Waals surface area contributed by atoms with Gasteiger partial charge in [-0.15, -0.1) is 0 Å². The van der Waals surface area contributed by atoms with Crippen LogP contribution < -0.4 is 5.32 Å². The molecule has 0 aromatic heterocycles.